The predicted octanol–water partition coefficient (Wildman–Crippen LogP) is 1.45. The zero-order valence-corrected chi connectivity index (χ0v) is 10.1. The highest BCUT2D eigenvalue weighted by Gasteiger charge is 2.33. The van der Waals surface area contributed by atoms with Gasteiger partial charge < -0.3 is 9.47 Å². The van der Waals surface area contributed by atoms with Gasteiger partial charge in [0.1, 0.15) is 5.82 Å². The Morgan fingerprint density at radius 1 is 1.35 bits per heavy atom. The van der Waals surface area contributed by atoms with Crippen molar-refractivity contribution in [1.29, 1.82) is 0 Å². The summed E-state index contributed by atoms with van der Waals surface area (Å²) in [5.41, 5.74) is -0.359. The first-order valence-corrected chi connectivity index (χ1v) is 5.15. The fraction of sp³-hybridized carbons (Fsp3) is 0.417. The van der Waals surface area contributed by atoms with Gasteiger partial charge in [0.05, 0.1) is 7.11 Å². The summed E-state index contributed by atoms with van der Waals surface area (Å²) in [4.78, 5) is 11.5. The maximum Gasteiger partial charge on any atom is 0.353 e. The SMILES string of the molecule is COC(=O)C(C)(NCc1ccc(F)cc1)OC. The molecule has 1 unspecified atom stereocenters. The van der Waals surface area contributed by atoms with Gasteiger partial charge in [0.25, 0.3) is 0 Å². The summed E-state index contributed by atoms with van der Waals surface area (Å²) in [5, 5.41) is 2.91. The number of carbonyl (C=O) groups is 1. The van der Waals surface area contributed by atoms with Gasteiger partial charge in [-0.1, -0.05) is 12.1 Å². The van der Waals surface area contributed by atoms with Crippen molar-refractivity contribution in [2.45, 2.75) is 19.2 Å². The number of ether oxygens (including phenoxy) is 2. The first-order chi connectivity index (χ1) is 8.01. The normalized spacial score (nSPS) is 14.1. The monoisotopic (exact) mass is 241 g/mol. The highest BCUT2D eigenvalue weighted by molar-refractivity contribution is 5.78. The van der Waals surface area contributed by atoms with E-state index in [-0.39, 0.29) is 5.82 Å². The Morgan fingerprint density at radius 2 is 1.94 bits per heavy atom. The minimum absolute atomic E-state index is 0.295. The Morgan fingerprint density at radius 3 is 2.41 bits per heavy atom. The van der Waals surface area contributed by atoms with Gasteiger partial charge in [-0.2, -0.15) is 0 Å². The highest BCUT2D eigenvalue weighted by atomic mass is 19.1. The molecule has 0 heterocycles. The molecular formula is C12H16FNO3. The van der Waals surface area contributed by atoms with E-state index in [1.165, 1.54) is 26.4 Å². The minimum Gasteiger partial charge on any atom is -0.466 e. The van der Waals surface area contributed by atoms with Crippen molar-refractivity contribution < 1.29 is 18.7 Å². The molecule has 5 heteroatoms. The number of nitrogens with one attached hydrogen (secondary N) is 1. The standard InChI is InChI=1S/C12H16FNO3/c1-12(17-3,11(15)16-2)14-8-9-4-6-10(13)7-5-9/h4-7,14H,8H2,1-3H3. The average molecular weight is 241 g/mol. The fourth-order valence-corrected chi connectivity index (χ4v) is 1.30. The molecule has 0 aliphatic rings. The second kappa shape index (κ2) is 5.75. The van der Waals surface area contributed by atoms with Crippen molar-refractivity contribution in [3.8, 4) is 0 Å². The lowest BCUT2D eigenvalue weighted by atomic mass is 10.2. The van der Waals surface area contributed by atoms with Crippen molar-refractivity contribution in [2.24, 2.45) is 0 Å². The van der Waals surface area contributed by atoms with Crippen LogP contribution >= 0.6 is 0 Å². The van der Waals surface area contributed by atoms with E-state index in [0.717, 1.165) is 5.56 Å². The molecule has 0 saturated carbocycles. The van der Waals surface area contributed by atoms with E-state index in [1.807, 2.05) is 0 Å². The lowest BCUT2D eigenvalue weighted by Crippen LogP contribution is -2.51. The second-order valence-corrected chi connectivity index (χ2v) is 3.71. The molecule has 1 rings (SSSR count). The Bertz CT molecular complexity index is 380. The molecule has 0 aliphatic heterocycles. The van der Waals surface area contributed by atoms with E-state index in [1.54, 1.807) is 19.1 Å². The van der Waals surface area contributed by atoms with Crippen LogP contribution in [0.1, 0.15) is 12.5 Å². The number of methoxy groups -OCH3 is 2. The third-order valence-electron chi connectivity index (χ3n) is 2.53. The van der Waals surface area contributed by atoms with Crippen molar-refractivity contribution in [1.82, 2.24) is 5.32 Å². The summed E-state index contributed by atoms with van der Waals surface area (Å²) in [6.07, 6.45) is 0. The summed E-state index contributed by atoms with van der Waals surface area (Å²) in [6, 6.07) is 5.99. The number of benzene rings is 1. The molecule has 0 amide bonds. The van der Waals surface area contributed by atoms with E-state index in [2.05, 4.69) is 10.1 Å². The van der Waals surface area contributed by atoms with Crippen LogP contribution in [0.15, 0.2) is 24.3 Å². The van der Waals surface area contributed by atoms with Gasteiger partial charge in [-0.15, -0.1) is 0 Å². The van der Waals surface area contributed by atoms with Crippen LogP contribution < -0.4 is 5.32 Å². The molecule has 94 valence electrons. The molecule has 0 bridgehead atoms. The summed E-state index contributed by atoms with van der Waals surface area (Å²) in [7, 11) is 2.70. The predicted molar refractivity (Wildman–Crippen MR) is 60.7 cm³/mol. The molecule has 1 aromatic carbocycles. The van der Waals surface area contributed by atoms with Gasteiger partial charge in [-0.05, 0) is 24.6 Å². The van der Waals surface area contributed by atoms with Crippen LogP contribution in [0.2, 0.25) is 0 Å². The smallest absolute Gasteiger partial charge is 0.353 e. The second-order valence-electron chi connectivity index (χ2n) is 3.71. The zero-order valence-electron chi connectivity index (χ0n) is 10.1. The molecule has 0 aromatic heterocycles. The maximum atomic E-state index is 12.7. The third kappa shape index (κ3) is 3.51. The maximum absolute atomic E-state index is 12.7. The number of hydrogen-bond acceptors (Lipinski definition) is 4. The molecule has 1 atom stereocenters. The fourth-order valence-electron chi connectivity index (χ4n) is 1.30. The number of rotatable bonds is 5. The number of carbonyl (C=O) groups excluding carboxylic acids is 1. The lowest BCUT2D eigenvalue weighted by molar-refractivity contribution is -0.168. The summed E-state index contributed by atoms with van der Waals surface area (Å²) in [5.74, 6) is -0.807. The Labute approximate surface area is 99.7 Å². The van der Waals surface area contributed by atoms with Crippen LogP contribution in [-0.2, 0) is 20.8 Å². The van der Waals surface area contributed by atoms with E-state index in [0.29, 0.717) is 6.54 Å². The molecule has 0 saturated heterocycles. The Kier molecular flexibility index (Phi) is 4.60. The molecule has 4 nitrogen and oxygen atoms in total. The third-order valence-corrected chi connectivity index (χ3v) is 2.53. The average Bonchev–Trinajstić information content (AvgIpc) is 2.36. The van der Waals surface area contributed by atoms with Gasteiger partial charge in [0.2, 0.25) is 5.72 Å². The van der Waals surface area contributed by atoms with Gasteiger partial charge in [-0.25, -0.2) is 9.18 Å². The summed E-state index contributed by atoms with van der Waals surface area (Å²) in [6.45, 7) is 1.95. The number of esters is 1. The van der Waals surface area contributed by atoms with Crippen molar-refractivity contribution >= 4 is 5.97 Å². The molecule has 1 aromatic rings. The molecule has 17 heavy (non-hydrogen) atoms. The van der Waals surface area contributed by atoms with Gasteiger partial charge >= 0.3 is 5.97 Å². The van der Waals surface area contributed by atoms with E-state index in [9.17, 15) is 9.18 Å². The van der Waals surface area contributed by atoms with Gasteiger partial charge in [-0.3, -0.25) is 5.32 Å². The first-order valence-electron chi connectivity index (χ1n) is 5.15. The van der Waals surface area contributed by atoms with Crippen LogP contribution in [0, 0.1) is 5.82 Å². The van der Waals surface area contributed by atoms with Crippen LogP contribution in [0.4, 0.5) is 4.39 Å². The largest absolute Gasteiger partial charge is 0.466 e. The zero-order chi connectivity index (χ0) is 12.9. The van der Waals surface area contributed by atoms with Crippen LogP contribution in [0.25, 0.3) is 0 Å². The molecule has 0 fully saturated rings. The summed E-state index contributed by atoms with van der Waals surface area (Å²) < 4.78 is 22.4. The summed E-state index contributed by atoms with van der Waals surface area (Å²) >= 11 is 0. The number of halogens is 1. The Hall–Kier alpha value is -1.46. The van der Waals surface area contributed by atoms with Crippen molar-refractivity contribution in [2.75, 3.05) is 14.2 Å². The number of hydrogen-bond donors (Lipinski definition) is 1. The van der Waals surface area contributed by atoms with Gasteiger partial charge in [0, 0.05) is 13.7 Å². The van der Waals surface area contributed by atoms with E-state index < -0.39 is 11.7 Å². The molecule has 1 N–H and O–H groups in total. The van der Waals surface area contributed by atoms with E-state index >= 15 is 0 Å². The molecule has 0 aliphatic carbocycles. The Balaban J connectivity index is 2.65. The van der Waals surface area contributed by atoms with Crippen LogP contribution in [0.3, 0.4) is 0 Å². The van der Waals surface area contributed by atoms with Crippen LogP contribution in [-0.4, -0.2) is 25.9 Å². The topological polar surface area (TPSA) is 47.6 Å². The minimum atomic E-state index is -1.21. The van der Waals surface area contributed by atoms with Crippen LogP contribution in [0.5, 0.6) is 0 Å². The highest BCUT2D eigenvalue weighted by Crippen LogP contribution is 2.09. The van der Waals surface area contributed by atoms with Gasteiger partial charge in [0.15, 0.2) is 0 Å². The van der Waals surface area contributed by atoms with Crippen molar-refractivity contribution in [3.05, 3.63) is 35.6 Å². The van der Waals surface area contributed by atoms with Crippen molar-refractivity contribution in [3.63, 3.8) is 0 Å². The molecular weight excluding hydrogens is 225 g/mol. The lowest BCUT2D eigenvalue weighted by Gasteiger charge is -2.26. The molecule has 0 radical (unpaired) electrons. The quantitative estimate of drug-likeness (QED) is 0.626. The first kappa shape index (κ1) is 13.6. The van der Waals surface area contributed by atoms with E-state index in [4.69, 9.17) is 4.74 Å². The molecule has 0 spiro atoms.